The predicted octanol–water partition coefficient (Wildman–Crippen LogP) is 5.41. The summed E-state index contributed by atoms with van der Waals surface area (Å²) in [4.78, 5) is 44.5. The van der Waals surface area contributed by atoms with Crippen molar-refractivity contribution in [2.75, 3.05) is 56.7 Å². The number of carbonyl (C=O) groups excluding carboxylic acids is 2. The Bertz CT molecular complexity index is 1360. The van der Waals surface area contributed by atoms with Crippen LogP contribution in [0.2, 0.25) is 0 Å². The maximum atomic E-state index is 13.4. The number of rotatable bonds is 11. The molecule has 2 aliphatic heterocycles. The minimum absolute atomic E-state index is 0.0309. The summed E-state index contributed by atoms with van der Waals surface area (Å²) >= 11 is 0. The van der Waals surface area contributed by atoms with Crippen molar-refractivity contribution in [2.24, 2.45) is 11.8 Å². The molecule has 2 aliphatic carbocycles. The molecule has 6 rings (SSSR count). The smallest absolute Gasteiger partial charge is 0.324 e. The Morgan fingerprint density at radius 2 is 1.71 bits per heavy atom. The molecule has 3 fully saturated rings. The van der Waals surface area contributed by atoms with Gasteiger partial charge in [-0.2, -0.15) is 4.98 Å². The van der Waals surface area contributed by atoms with Gasteiger partial charge in [0.25, 0.3) is 0 Å². The Hall–Kier alpha value is -3.24. The zero-order valence-corrected chi connectivity index (χ0v) is 27.7. The molecule has 0 bridgehead atoms. The van der Waals surface area contributed by atoms with Crippen molar-refractivity contribution in [3.8, 4) is 17.5 Å². The molecule has 4 aliphatic rings. The number of benzene rings is 1. The minimum Gasteiger partial charge on any atom is -0.493 e. The molecule has 1 amide bonds. The highest BCUT2D eigenvalue weighted by molar-refractivity contribution is 6.04. The van der Waals surface area contributed by atoms with Gasteiger partial charge in [0.15, 0.2) is 23.1 Å². The molecule has 0 radical (unpaired) electrons. The molecule has 10 nitrogen and oxygen atoms in total. The number of fused-ring (bicyclic) bond motifs is 1. The van der Waals surface area contributed by atoms with E-state index in [9.17, 15) is 9.59 Å². The van der Waals surface area contributed by atoms with Crippen LogP contribution < -0.4 is 19.3 Å². The van der Waals surface area contributed by atoms with E-state index in [-0.39, 0.29) is 29.8 Å². The average Bonchev–Trinajstić information content (AvgIpc) is 3.87. The molecule has 0 N–H and O–H groups in total. The number of methoxy groups -OCH3 is 1. The lowest BCUT2D eigenvalue weighted by Gasteiger charge is -2.42. The summed E-state index contributed by atoms with van der Waals surface area (Å²) < 4.78 is 11.8. The standard InChI is InChI=1S/C35H50N6O4/c1-6-28-34(43)38(4)29-21-36-35(37-33(29)41(28)23(2)3)45-31-14-11-26(20-32(31)44-5)30(42)19-24-9-12-27(13-10-24)40-17-15-39(16-18-40)22-25-7-8-25/h11,14,20-21,23-25,27-28H,6-10,12-13,15-19,22H2,1-5H3/t24-,27-,28-/m1/s1. The maximum Gasteiger partial charge on any atom is 0.324 e. The second-order valence-electron chi connectivity index (χ2n) is 13.7. The van der Waals surface area contributed by atoms with Crippen molar-refractivity contribution in [3.63, 3.8) is 0 Å². The van der Waals surface area contributed by atoms with Gasteiger partial charge in [-0.15, -0.1) is 0 Å². The van der Waals surface area contributed by atoms with Gasteiger partial charge in [-0.3, -0.25) is 14.5 Å². The fourth-order valence-corrected chi connectivity index (χ4v) is 7.51. The van der Waals surface area contributed by atoms with Crippen LogP contribution in [0.5, 0.6) is 17.5 Å². The molecule has 1 atom stereocenters. The second-order valence-corrected chi connectivity index (χ2v) is 13.7. The lowest BCUT2D eigenvalue weighted by Crippen LogP contribution is -2.54. The van der Waals surface area contributed by atoms with E-state index in [4.69, 9.17) is 14.5 Å². The number of amides is 1. The number of anilines is 2. The molecule has 244 valence electrons. The van der Waals surface area contributed by atoms with Gasteiger partial charge < -0.3 is 24.2 Å². The van der Waals surface area contributed by atoms with E-state index >= 15 is 0 Å². The number of hydrogen-bond acceptors (Lipinski definition) is 9. The average molecular weight is 619 g/mol. The fourth-order valence-electron chi connectivity index (χ4n) is 7.51. The summed E-state index contributed by atoms with van der Waals surface area (Å²) in [6, 6.07) is 5.94. The Morgan fingerprint density at radius 1 is 1.00 bits per heavy atom. The van der Waals surface area contributed by atoms with Crippen LogP contribution in [0.15, 0.2) is 24.4 Å². The van der Waals surface area contributed by atoms with Crippen LogP contribution in [0.3, 0.4) is 0 Å². The van der Waals surface area contributed by atoms with E-state index < -0.39 is 0 Å². The number of ether oxygens (including phenoxy) is 2. The third-order valence-corrected chi connectivity index (χ3v) is 10.3. The van der Waals surface area contributed by atoms with Gasteiger partial charge in [-0.1, -0.05) is 6.92 Å². The summed E-state index contributed by atoms with van der Waals surface area (Å²) in [5.41, 5.74) is 1.29. The highest BCUT2D eigenvalue weighted by Gasteiger charge is 2.38. The largest absolute Gasteiger partial charge is 0.493 e. The van der Waals surface area contributed by atoms with E-state index in [1.165, 1.54) is 58.4 Å². The fraction of sp³-hybridized carbons (Fsp3) is 0.657. The summed E-state index contributed by atoms with van der Waals surface area (Å²) in [6.07, 6.45) is 10.3. The molecule has 45 heavy (non-hydrogen) atoms. The van der Waals surface area contributed by atoms with E-state index in [1.807, 2.05) is 17.9 Å². The Balaban J connectivity index is 1.06. The van der Waals surface area contributed by atoms with Crippen molar-refractivity contribution >= 4 is 23.2 Å². The molecular weight excluding hydrogens is 568 g/mol. The Kier molecular flexibility index (Phi) is 9.61. The van der Waals surface area contributed by atoms with Gasteiger partial charge >= 0.3 is 6.01 Å². The number of hydrogen-bond donors (Lipinski definition) is 0. The minimum atomic E-state index is -0.299. The van der Waals surface area contributed by atoms with Crippen molar-refractivity contribution in [2.45, 2.75) is 90.3 Å². The molecule has 2 aromatic rings. The molecule has 1 aromatic carbocycles. The van der Waals surface area contributed by atoms with Crippen LogP contribution in [0.25, 0.3) is 0 Å². The predicted molar refractivity (Wildman–Crippen MR) is 176 cm³/mol. The van der Waals surface area contributed by atoms with E-state index in [0.29, 0.717) is 53.4 Å². The van der Waals surface area contributed by atoms with Gasteiger partial charge in [-0.05, 0) is 88.8 Å². The zero-order valence-electron chi connectivity index (χ0n) is 27.7. The lowest BCUT2D eigenvalue weighted by molar-refractivity contribution is -0.120. The lowest BCUT2D eigenvalue weighted by atomic mass is 9.81. The first kappa shape index (κ1) is 31.7. The number of carbonyl (C=O) groups is 2. The third kappa shape index (κ3) is 6.97. The summed E-state index contributed by atoms with van der Waals surface area (Å²) in [7, 11) is 3.33. The molecule has 1 saturated heterocycles. The molecule has 1 aromatic heterocycles. The molecule has 0 unspecified atom stereocenters. The van der Waals surface area contributed by atoms with Crippen LogP contribution in [-0.4, -0.2) is 96.5 Å². The highest BCUT2D eigenvalue weighted by atomic mass is 16.5. The summed E-state index contributed by atoms with van der Waals surface area (Å²) in [5.74, 6) is 3.15. The number of piperazine rings is 1. The zero-order chi connectivity index (χ0) is 31.7. The first-order valence-corrected chi connectivity index (χ1v) is 17.0. The maximum absolute atomic E-state index is 13.4. The van der Waals surface area contributed by atoms with E-state index in [2.05, 4.69) is 28.6 Å². The van der Waals surface area contributed by atoms with Gasteiger partial charge in [0, 0.05) is 63.8 Å². The van der Waals surface area contributed by atoms with Crippen molar-refractivity contribution in [1.29, 1.82) is 0 Å². The van der Waals surface area contributed by atoms with Gasteiger partial charge in [-0.25, -0.2) is 4.98 Å². The molecular formula is C35H50N6O4. The number of likely N-dealkylation sites (N-methyl/N-ethyl adjacent to an activating group) is 1. The monoisotopic (exact) mass is 618 g/mol. The number of ketones is 1. The molecule has 3 heterocycles. The van der Waals surface area contributed by atoms with Gasteiger partial charge in [0.2, 0.25) is 5.91 Å². The van der Waals surface area contributed by atoms with Gasteiger partial charge in [0.05, 0.1) is 13.3 Å². The Labute approximate surface area is 268 Å². The van der Waals surface area contributed by atoms with Gasteiger partial charge in [0.1, 0.15) is 11.7 Å². The molecule has 0 spiro atoms. The van der Waals surface area contributed by atoms with Crippen LogP contribution in [0, 0.1) is 11.8 Å². The topological polar surface area (TPSA) is 91.3 Å². The van der Waals surface area contributed by atoms with Crippen molar-refractivity contribution in [1.82, 2.24) is 19.8 Å². The molecule has 2 saturated carbocycles. The SMILES string of the molecule is CC[C@@H]1C(=O)N(C)c2cnc(Oc3ccc(C(=O)C[C@H]4CC[C@H](N5CCN(CC6CC6)CC5)CC4)cc3OC)nc2N1C(C)C. The Morgan fingerprint density at radius 3 is 2.36 bits per heavy atom. The second kappa shape index (κ2) is 13.6. The molecule has 10 heteroatoms. The summed E-state index contributed by atoms with van der Waals surface area (Å²) in [5, 5.41) is 0. The highest BCUT2D eigenvalue weighted by Crippen LogP contribution is 2.39. The van der Waals surface area contributed by atoms with Crippen molar-refractivity contribution in [3.05, 3.63) is 30.0 Å². The number of nitrogens with zero attached hydrogens (tertiary/aromatic N) is 6. The van der Waals surface area contributed by atoms with Crippen LogP contribution in [0.1, 0.15) is 82.5 Å². The van der Waals surface area contributed by atoms with Crippen LogP contribution >= 0.6 is 0 Å². The van der Waals surface area contributed by atoms with E-state index in [0.717, 1.165) is 18.8 Å². The van der Waals surface area contributed by atoms with Crippen LogP contribution in [-0.2, 0) is 4.79 Å². The van der Waals surface area contributed by atoms with Crippen molar-refractivity contribution < 1.29 is 19.1 Å². The quantitative estimate of drug-likeness (QED) is 0.307. The van der Waals surface area contributed by atoms with Crippen LogP contribution in [0.4, 0.5) is 11.5 Å². The number of Topliss-reactive ketones (excluding diaryl/α,β-unsaturated/α-hetero) is 1. The number of aromatic nitrogens is 2. The third-order valence-electron chi connectivity index (χ3n) is 10.3. The first-order valence-electron chi connectivity index (χ1n) is 17.0. The normalized spacial score (nSPS) is 24.6. The summed E-state index contributed by atoms with van der Waals surface area (Å²) in [6.45, 7) is 12.2. The van der Waals surface area contributed by atoms with E-state index in [1.54, 1.807) is 37.4 Å². The first-order chi connectivity index (χ1) is 21.7.